The minimum atomic E-state index is -4.75. The Morgan fingerprint density at radius 1 is 1.17 bits per heavy atom. The van der Waals surface area contributed by atoms with Gasteiger partial charge in [-0.25, -0.2) is 8.42 Å². The quantitative estimate of drug-likeness (QED) is 0.225. The molecule has 5 N–H and O–H groups in total. The highest BCUT2D eigenvalue weighted by Crippen LogP contribution is 2.11. The Hall–Kier alpha value is -1.90. The minimum Gasteiger partial charge on any atom is -0.739 e. The van der Waals surface area contributed by atoms with E-state index in [2.05, 4.69) is 11.1 Å². The molecule has 12 nitrogen and oxygen atoms in total. The van der Waals surface area contributed by atoms with E-state index in [1.807, 2.05) is 5.32 Å². The normalized spacial score (nSPS) is 13.6. The van der Waals surface area contributed by atoms with E-state index in [9.17, 15) is 42.4 Å². The summed E-state index contributed by atoms with van der Waals surface area (Å²) in [4.78, 5) is 44.1. The first-order chi connectivity index (χ1) is 10.9. The molecular weight excluding hydrogens is 370 g/mol. The first-order valence-corrected chi connectivity index (χ1v) is 9.24. The predicted octanol–water partition coefficient (Wildman–Crippen LogP) is -6.33. The molecule has 0 aliphatic rings. The van der Waals surface area contributed by atoms with Crippen LogP contribution in [-0.4, -0.2) is 61.1 Å². The molecule has 14 heteroatoms. The van der Waals surface area contributed by atoms with Gasteiger partial charge < -0.3 is 40.7 Å². The molecule has 0 unspecified atom stereocenters. The van der Waals surface area contributed by atoms with Crippen LogP contribution in [0, 0.1) is 0 Å². The average Bonchev–Trinajstić information content (AvgIpc) is 2.45. The summed E-state index contributed by atoms with van der Waals surface area (Å²) in [5.41, 5.74) is 3.22. The van der Waals surface area contributed by atoms with Gasteiger partial charge in [0.05, 0.1) is 18.5 Å². The number of carboxylic acid groups (broad SMARTS) is 2. The van der Waals surface area contributed by atoms with Crippen molar-refractivity contribution >= 4 is 43.7 Å². The molecule has 0 saturated carbocycles. The molecule has 0 aromatic heterocycles. The lowest BCUT2D eigenvalue weighted by Crippen LogP contribution is -2.68. The first kappa shape index (κ1) is 22.1. The van der Waals surface area contributed by atoms with Crippen LogP contribution in [0.15, 0.2) is 0 Å². The summed E-state index contributed by atoms with van der Waals surface area (Å²) in [7, 11) is -4.91. The SMILES string of the molecule is [NH3+][C@@H](CCC(=O)N[C@@H](CSS(=O)(=O)[O-])C(=O)NCC(=O)[O-])C(=O)[O-]. The molecule has 138 valence electrons. The van der Waals surface area contributed by atoms with Crippen molar-refractivity contribution < 1.29 is 48.1 Å². The largest absolute Gasteiger partial charge is 0.739 e. The van der Waals surface area contributed by atoms with Crippen molar-refractivity contribution in [2.45, 2.75) is 24.9 Å². The molecule has 0 saturated heterocycles. The molecule has 0 fully saturated rings. The lowest BCUT2D eigenvalue weighted by molar-refractivity contribution is -0.438. The van der Waals surface area contributed by atoms with Gasteiger partial charge in [-0.15, -0.1) is 0 Å². The van der Waals surface area contributed by atoms with Crippen molar-refractivity contribution in [2.24, 2.45) is 0 Å². The zero-order valence-electron chi connectivity index (χ0n) is 12.2. The molecule has 0 aromatic rings. The van der Waals surface area contributed by atoms with Crippen molar-refractivity contribution in [2.75, 3.05) is 12.3 Å². The van der Waals surface area contributed by atoms with Crippen LogP contribution < -0.4 is 26.6 Å². The number of hydrogen-bond donors (Lipinski definition) is 3. The van der Waals surface area contributed by atoms with Crippen LogP contribution >= 0.6 is 10.8 Å². The fraction of sp³-hybridized carbons (Fsp3) is 0.600. The molecule has 0 spiro atoms. The number of rotatable bonds is 11. The maximum absolute atomic E-state index is 11.7. The Kier molecular flexibility index (Phi) is 9.27. The van der Waals surface area contributed by atoms with E-state index in [0.717, 1.165) is 0 Å². The Morgan fingerprint density at radius 3 is 2.21 bits per heavy atom. The van der Waals surface area contributed by atoms with Gasteiger partial charge in [-0.1, -0.05) is 0 Å². The predicted molar refractivity (Wildman–Crippen MR) is 73.0 cm³/mol. The standard InChI is InChI=1S/C10H17N3O9S2/c11-5(10(18)19)1-2-7(14)13-6(4-23-24(20,21)22)9(17)12-3-8(15)16/h5-6H,1-4,11H2,(H,12,17)(H,13,14)(H,15,16)(H,18,19)(H,20,21,22)/p-2/t5-,6-/m0/s1. The number of aliphatic carboxylic acids is 2. The highest BCUT2D eigenvalue weighted by atomic mass is 33.1. The maximum atomic E-state index is 11.7. The van der Waals surface area contributed by atoms with Gasteiger partial charge in [0.25, 0.3) is 0 Å². The molecule has 0 aliphatic carbocycles. The van der Waals surface area contributed by atoms with Crippen molar-refractivity contribution in [1.29, 1.82) is 0 Å². The van der Waals surface area contributed by atoms with Crippen molar-refractivity contribution in [3.05, 3.63) is 0 Å². The smallest absolute Gasteiger partial charge is 0.243 e. The molecule has 0 heterocycles. The lowest BCUT2D eigenvalue weighted by atomic mass is 10.1. The summed E-state index contributed by atoms with van der Waals surface area (Å²) >= 11 is 0. The van der Waals surface area contributed by atoms with Gasteiger partial charge in [-0.05, 0) is 10.8 Å². The van der Waals surface area contributed by atoms with Crippen molar-refractivity contribution in [1.82, 2.24) is 10.6 Å². The number of hydrogen-bond acceptors (Lipinski definition) is 10. The Bertz CT molecular complexity index is 592. The van der Waals surface area contributed by atoms with Gasteiger partial charge in [0.2, 0.25) is 11.8 Å². The van der Waals surface area contributed by atoms with Crippen molar-refractivity contribution in [3.63, 3.8) is 0 Å². The van der Waals surface area contributed by atoms with E-state index < -0.39 is 57.3 Å². The van der Waals surface area contributed by atoms with E-state index >= 15 is 0 Å². The minimum absolute atomic E-state index is 0.163. The Labute approximate surface area is 140 Å². The second-order valence-corrected chi connectivity index (χ2v) is 7.77. The molecular formula is C10H15N3O9S2-2. The van der Waals surface area contributed by atoms with E-state index in [-0.39, 0.29) is 23.6 Å². The van der Waals surface area contributed by atoms with Gasteiger partial charge in [-0.2, -0.15) is 0 Å². The Morgan fingerprint density at radius 2 is 1.75 bits per heavy atom. The fourth-order valence-electron chi connectivity index (χ4n) is 1.31. The zero-order chi connectivity index (χ0) is 18.9. The monoisotopic (exact) mass is 385 g/mol. The Balaban J connectivity index is 4.72. The second-order valence-electron chi connectivity index (χ2n) is 4.46. The molecule has 0 aromatic carbocycles. The van der Waals surface area contributed by atoms with Crippen LogP contribution in [0.5, 0.6) is 0 Å². The second kappa shape index (κ2) is 10.1. The van der Waals surface area contributed by atoms with Gasteiger partial charge in [-0.3, -0.25) is 9.59 Å². The molecule has 0 aliphatic heterocycles. The lowest BCUT2D eigenvalue weighted by Gasteiger charge is -2.19. The number of amides is 2. The number of carbonyl (C=O) groups is 4. The zero-order valence-corrected chi connectivity index (χ0v) is 13.8. The number of carboxylic acids is 2. The first-order valence-electron chi connectivity index (χ1n) is 6.33. The number of carbonyl (C=O) groups excluding carboxylic acids is 4. The molecule has 2 amide bonds. The summed E-state index contributed by atoms with van der Waals surface area (Å²) in [6.07, 6.45) is -0.560. The van der Waals surface area contributed by atoms with Crippen LogP contribution in [0.4, 0.5) is 0 Å². The van der Waals surface area contributed by atoms with Gasteiger partial charge in [0.15, 0.2) is 0 Å². The third kappa shape index (κ3) is 10.8. The highest BCUT2D eigenvalue weighted by Gasteiger charge is 2.22. The van der Waals surface area contributed by atoms with E-state index in [4.69, 9.17) is 0 Å². The topological polar surface area (TPSA) is 223 Å². The number of nitrogens with one attached hydrogen (secondary N) is 2. The van der Waals surface area contributed by atoms with Crippen LogP contribution in [0.2, 0.25) is 0 Å². The van der Waals surface area contributed by atoms with Gasteiger partial charge in [0, 0.05) is 18.6 Å². The van der Waals surface area contributed by atoms with E-state index in [0.29, 0.717) is 0 Å². The maximum Gasteiger partial charge on any atom is 0.243 e. The summed E-state index contributed by atoms with van der Waals surface area (Å²) in [5, 5.41) is 24.7. The summed E-state index contributed by atoms with van der Waals surface area (Å²) in [5.74, 6) is -5.62. The fourth-order valence-corrected chi connectivity index (χ4v) is 2.75. The van der Waals surface area contributed by atoms with Crippen LogP contribution in [0.3, 0.4) is 0 Å². The van der Waals surface area contributed by atoms with Gasteiger partial charge >= 0.3 is 0 Å². The van der Waals surface area contributed by atoms with Gasteiger partial charge in [0.1, 0.15) is 21.2 Å². The molecule has 0 bridgehead atoms. The third-order valence-corrected chi connectivity index (χ3v) is 4.52. The summed E-state index contributed by atoms with van der Waals surface area (Å²) < 4.78 is 31.7. The highest BCUT2D eigenvalue weighted by molar-refractivity contribution is 8.69. The average molecular weight is 385 g/mol. The van der Waals surface area contributed by atoms with E-state index in [1.54, 1.807) is 0 Å². The van der Waals surface area contributed by atoms with Crippen molar-refractivity contribution in [3.8, 4) is 0 Å². The molecule has 2 atom stereocenters. The van der Waals surface area contributed by atoms with Crippen LogP contribution in [0.1, 0.15) is 12.8 Å². The molecule has 24 heavy (non-hydrogen) atoms. The van der Waals surface area contributed by atoms with Crippen LogP contribution in [-0.2, 0) is 28.3 Å². The molecule has 0 radical (unpaired) electrons. The third-order valence-electron chi connectivity index (χ3n) is 2.49. The van der Waals surface area contributed by atoms with Crippen LogP contribution in [0.25, 0.3) is 0 Å². The molecule has 0 rings (SSSR count). The number of quaternary nitrogens is 1. The summed E-state index contributed by atoms with van der Waals surface area (Å²) in [6, 6.07) is -2.69. The van der Waals surface area contributed by atoms with E-state index in [1.165, 1.54) is 0 Å². The summed E-state index contributed by atoms with van der Waals surface area (Å²) in [6.45, 7) is -0.883.